The predicted octanol–water partition coefficient (Wildman–Crippen LogP) is 3.30. The van der Waals surface area contributed by atoms with Crippen molar-refractivity contribution in [3.05, 3.63) is 82.5 Å². The standard InChI is InChI=1S/C21H19N5O2S/c1-14-6-8-16(9-7-14)23-18(27)13-26-21(28)25-11-10-22-20(19(25)24-26)29-17-5-3-4-15(2)12-17/h3-12H,13H2,1-2H3,(H,23,27). The van der Waals surface area contributed by atoms with Crippen LogP contribution in [0.4, 0.5) is 5.69 Å². The molecule has 0 radical (unpaired) electrons. The van der Waals surface area contributed by atoms with Crippen LogP contribution in [0.3, 0.4) is 0 Å². The molecule has 0 aliphatic rings. The van der Waals surface area contributed by atoms with E-state index >= 15 is 0 Å². The number of benzene rings is 2. The maximum atomic E-state index is 12.7. The molecule has 0 aliphatic carbocycles. The van der Waals surface area contributed by atoms with E-state index in [0.29, 0.717) is 16.4 Å². The number of amides is 1. The number of fused-ring (bicyclic) bond motifs is 1. The second-order valence-electron chi connectivity index (χ2n) is 6.70. The number of hydrogen-bond donors (Lipinski definition) is 1. The van der Waals surface area contributed by atoms with Crippen LogP contribution in [0, 0.1) is 13.8 Å². The molecule has 8 heteroatoms. The quantitative estimate of drug-likeness (QED) is 0.551. The third-order valence-corrected chi connectivity index (χ3v) is 5.27. The van der Waals surface area contributed by atoms with E-state index in [0.717, 1.165) is 20.7 Å². The summed E-state index contributed by atoms with van der Waals surface area (Å²) in [4.78, 5) is 30.4. The van der Waals surface area contributed by atoms with Crippen LogP contribution in [-0.2, 0) is 11.3 Å². The van der Waals surface area contributed by atoms with Crippen molar-refractivity contribution in [2.75, 3.05) is 5.32 Å². The van der Waals surface area contributed by atoms with Crippen LogP contribution >= 0.6 is 11.8 Å². The maximum Gasteiger partial charge on any atom is 0.350 e. The minimum Gasteiger partial charge on any atom is -0.324 e. The first-order chi connectivity index (χ1) is 14.0. The fraction of sp³-hybridized carbons (Fsp3) is 0.143. The Morgan fingerprint density at radius 3 is 2.66 bits per heavy atom. The third-order valence-electron chi connectivity index (χ3n) is 4.30. The number of carbonyl (C=O) groups is 1. The molecule has 0 unspecified atom stereocenters. The fourth-order valence-corrected chi connectivity index (χ4v) is 3.82. The van der Waals surface area contributed by atoms with Gasteiger partial charge in [0.2, 0.25) is 5.91 Å². The van der Waals surface area contributed by atoms with Gasteiger partial charge in [0.15, 0.2) is 5.65 Å². The van der Waals surface area contributed by atoms with Gasteiger partial charge in [0, 0.05) is 23.0 Å². The van der Waals surface area contributed by atoms with Gasteiger partial charge in [-0.05, 0) is 38.1 Å². The van der Waals surface area contributed by atoms with Crippen LogP contribution in [-0.4, -0.2) is 25.1 Å². The minimum absolute atomic E-state index is 0.178. The van der Waals surface area contributed by atoms with Gasteiger partial charge >= 0.3 is 5.69 Å². The third kappa shape index (κ3) is 4.22. The van der Waals surface area contributed by atoms with E-state index in [1.165, 1.54) is 16.2 Å². The van der Waals surface area contributed by atoms with Crippen molar-refractivity contribution in [2.45, 2.75) is 30.3 Å². The number of anilines is 1. The smallest absolute Gasteiger partial charge is 0.324 e. The van der Waals surface area contributed by atoms with Gasteiger partial charge in [-0.3, -0.25) is 4.79 Å². The lowest BCUT2D eigenvalue weighted by Gasteiger charge is -2.04. The lowest BCUT2D eigenvalue weighted by atomic mass is 10.2. The zero-order valence-corrected chi connectivity index (χ0v) is 16.8. The number of rotatable bonds is 5. The molecule has 0 saturated heterocycles. The summed E-state index contributed by atoms with van der Waals surface area (Å²) in [5, 5.41) is 7.74. The van der Waals surface area contributed by atoms with Crippen LogP contribution in [0.5, 0.6) is 0 Å². The van der Waals surface area contributed by atoms with E-state index in [4.69, 9.17) is 0 Å². The van der Waals surface area contributed by atoms with Gasteiger partial charge in [0.05, 0.1) is 0 Å². The Bertz CT molecular complexity index is 1240. The number of carbonyl (C=O) groups excluding carboxylic acids is 1. The van der Waals surface area contributed by atoms with Gasteiger partial charge < -0.3 is 5.32 Å². The summed E-state index contributed by atoms with van der Waals surface area (Å²) in [7, 11) is 0. The van der Waals surface area contributed by atoms with E-state index in [1.54, 1.807) is 12.4 Å². The van der Waals surface area contributed by atoms with Gasteiger partial charge in [-0.1, -0.05) is 47.2 Å². The van der Waals surface area contributed by atoms with E-state index in [9.17, 15) is 9.59 Å². The molecule has 0 spiro atoms. The summed E-state index contributed by atoms with van der Waals surface area (Å²) in [6, 6.07) is 15.5. The molecule has 7 nitrogen and oxygen atoms in total. The van der Waals surface area contributed by atoms with Gasteiger partial charge in [0.1, 0.15) is 11.6 Å². The second-order valence-corrected chi connectivity index (χ2v) is 7.76. The highest BCUT2D eigenvalue weighted by atomic mass is 32.2. The van der Waals surface area contributed by atoms with Crippen molar-refractivity contribution < 1.29 is 4.79 Å². The predicted molar refractivity (Wildman–Crippen MR) is 112 cm³/mol. The van der Waals surface area contributed by atoms with Crippen molar-refractivity contribution in [3.63, 3.8) is 0 Å². The van der Waals surface area contributed by atoms with Crippen LogP contribution in [0.2, 0.25) is 0 Å². The Labute approximate surface area is 171 Å². The molecule has 0 saturated carbocycles. The second kappa shape index (κ2) is 7.92. The molecule has 146 valence electrons. The summed E-state index contributed by atoms with van der Waals surface area (Å²) in [5.74, 6) is -0.319. The van der Waals surface area contributed by atoms with Crippen LogP contribution in [0.1, 0.15) is 11.1 Å². The molecule has 0 atom stereocenters. The van der Waals surface area contributed by atoms with Crippen molar-refractivity contribution >= 4 is 29.0 Å². The van der Waals surface area contributed by atoms with Gasteiger partial charge in [0.25, 0.3) is 0 Å². The molecule has 2 aromatic heterocycles. The average molecular weight is 405 g/mol. The Morgan fingerprint density at radius 2 is 1.90 bits per heavy atom. The maximum absolute atomic E-state index is 12.7. The van der Waals surface area contributed by atoms with Crippen LogP contribution in [0.15, 0.2) is 75.6 Å². The Balaban J connectivity index is 1.59. The summed E-state index contributed by atoms with van der Waals surface area (Å²) >= 11 is 1.43. The fourth-order valence-electron chi connectivity index (χ4n) is 2.86. The number of hydrogen-bond acceptors (Lipinski definition) is 5. The number of nitrogens with one attached hydrogen (secondary N) is 1. The molecular weight excluding hydrogens is 386 g/mol. The largest absolute Gasteiger partial charge is 0.350 e. The Morgan fingerprint density at radius 1 is 1.10 bits per heavy atom. The van der Waals surface area contributed by atoms with Gasteiger partial charge in [-0.25, -0.2) is 18.9 Å². The Kier molecular flexibility index (Phi) is 5.18. The summed E-state index contributed by atoms with van der Waals surface area (Å²) in [6.45, 7) is 3.81. The summed E-state index contributed by atoms with van der Waals surface area (Å²) in [6.07, 6.45) is 3.12. The monoisotopic (exact) mass is 405 g/mol. The SMILES string of the molecule is Cc1ccc(NC(=O)Cn2nc3c(Sc4cccc(C)c4)nccn3c2=O)cc1. The van der Waals surface area contributed by atoms with Crippen molar-refractivity contribution in [1.29, 1.82) is 0 Å². The molecule has 0 aliphatic heterocycles. The molecule has 0 bridgehead atoms. The first kappa shape index (κ1) is 18.9. The highest BCUT2D eigenvalue weighted by Crippen LogP contribution is 2.28. The molecular formula is C21H19N5O2S. The van der Waals surface area contributed by atoms with Gasteiger partial charge in [-0.15, -0.1) is 5.10 Å². The molecule has 0 fully saturated rings. The minimum atomic E-state index is -0.382. The molecule has 1 amide bonds. The highest BCUT2D eigenvalue weighted by Gasteiger charge is 2.15. The van der Waals surface area contributed by atoms with Crippen LogP contribution < -0.4 is 11.0 Å². The summed E-state index contributed by atoms with van der Waals surface area (Å²) in [5.41, 5.74) is 2.96. The molecule has 4 rings (SSSR count). The van der Waals surface area contributed by atoms with Crippen molar-refractivity contribution in [2.24, 2.45) is 0 Å². The number of nitrogens with zero attached hydrogens (tertiary/aromatic N) is 4. The molecule has 4 aromatic rings. The molecule has 2 heterocycles. The van der Waals surface area contributed by atoms with Gasteiger partial charge in [-0.2, -0.15) is 0 Å². The molecule has 29 heavy (non-hydrogen) atoms. The highest BCUT2D eigenvalue weighted by molar-refractivity contribution is 7.99. The zero-order chi connectivity index (χ0) is 20.4. The number of aryl methyl sites for hydroxylation is 2. The van der Waals surface area contributed by atoms with Crippen molar-refractivity contribution in [3.8, 4) is 0 Å². The zero-order valence-electron chi connectivity index (χ0n) is 16.0. The van der Waals surface area contributed by atoms with E-state index in [2.05, 4.69) is 15.4 Å². The average Bonchev–Trinajstić information content (AvgIpc) is 3.00. The lowest BCUT2D eigenvalue weighted by molar-refractivity contribution is -0.117. The Hall–Kier alpha value is -3.39. The van der Waals surface area contributed by atoms with E-state index in [-0.39, 0.29) is 18.1 Å². The topological polar surface area (TPSA) is 81.3 Å². The molecule has 2 aromatic carbocycles. The first-order valence-electron chi connectivity index (χ1n) is 9.05. The van der Waals surface area contributed by atoms with E-state index < -0.39 is 0 Å². The first-order valence-corrected chi connectivity index (χ1v) is 9.86. The number of aromatic nitrogens is 4. The van der Waals surface area contributed by atoms with E-state index in [1.807, 2.05) is 62.4 Å². The normalized spacial score (nSPS) is 11.0. The van der Waals surface area contributed by atoms with Crippen molar-refractivity contribution in [1.82, 2.24) is 19.2 Å². The summed E-state index contributed by atoms with van der Waals surface area (Å²) < 4.78 is 2.56. The van der Waals surface area contributed by atoms with Crippen LogP contribution in [0.25, 0.3) is 5.65 Å². The molecule has 1 N–H and O–H groups in total. The lowest BCUT2D eigenvalue weighted by Crippen LogP contribution is -2.28.